The van der Waals surface area contributed by atoms with Gasteiger partial charge in [0.05, 0.1) is 54.9 Å². The van der Waals surface area contributed by atoms with Crippen molar-refractivity contribution in [3.8, 4) is 0 Å². The zero-order chi connectivity index (χ0) is 61.8. The Hall–Kier alpha value is -8.48. The van der Waals surface area contributed by atoms with Crippen molar-refractivity contribution in [2.75, 3.05) is 94.3 Å². The quantitative estimate of drug-likeness (QED) is 0.0168. The van der Waals surface area contributed by atoms with E-state index in [0.717, 1.165) is 14.2 Å². The van der Waals surface area contributed by atoms with E-state index in [4.69, 9.17) is 38.6 Å². The molecule has 0 saturated heterocycles. The Bertz CT molecular complexity index is 1810. The maximum Gasteiger partial charge on any atom is 0.407 e. The fourth-order valence-electron chi connectivity index (χ4n) is 6.23. The lowest BCUT2D eigenvalue weighted by atomic mass is 10.1. The number of esters is 2. The summed E-state index contributed by atoms with van der Waals surface area (Å²) >= 11 is 0. The highest BCUT2D eigenvalue weighted by molar-refractivity contribution is 5.82. The van der Waals surface area contributed by atoms with E-state index in [0.29, 0.717) is 90.1 Å². The maximum atomic E-state index is 12.0. The molecule has 0 fully saturated rings. The lowest BCUT2D eigenvalue weighted by Gasteiger charge is -2.16. The number of alkyl carbamates (subject to hydrolysis) is 8. The first-order valence-electron chi connectivity index (χ1n) is 26.3. The van der Waals surface area contributed by atoms with E-state index in [1.54, 1.807) is 0 Å². The van der Waals surface area contributed by atoms with Crippen molar-refractivity contribution in [1.82, 2.24) is 42.5 Å². The van der Waals surface area contributed by atoms with Crippen molar-refractivity contribution in [3.05, 3.63) is 25.3 Å². The predicted octanol–water partition coefficient (Wildman–Crippen LogP) is 4.92. The van der Waals surface area contributed by atoms with Crippen LogP contribution in [-0.4, -0.2) is 201 Å². The van der Waals surface area contributed by atoms with Gasteiger partial charge in [-0.25, -0.2) is 57.5 Å². The smallest absolute Gasteiger partial charge is 0.407 e. The lowest BCUT2D eigenvalue weighted by Crippen LogP contribution is -2.42. The number of carbonyl (C=O) groups is 12. The third kappa shape index (κ3) is 48.2. The van der Waals surface area contributed by atoms with E-state index in [1.807, 2.05) is 0 Å². The molecule has 32 heteroatoms. The monoisotopic (exact) mass is 1210 g/mol. The molecule has 0 aromatic rings. The van der Waals surface area contributed by atoms with Crippen molar-refractivity contribution in [1.29, 1.82) is 0 Å². The number of carboxylic acids is 2. The Kier molecular flexibility index (Phi) is 53.8. The SMILES string of the molecule is C.C.C=CCOC(=O)C(CCCCNC(=O)OCCCCOC(=O)NCCCCC(NC(=O)OC)C(=O)OCC=C)NC(=O)OC.COC(=O)NC(CCCCNC(=O)OCCCCOC(=O)NCCCCC(NC(=O)OC)C(=O)O)C(=O)O. The number of aliphatic carboxylic acids is 2. The molecule has 0 aliphatic heterocycles. The number of ether oxygens (including phenoxy) is 10. The summed E-state index contributed by atoms with van der Waals surface area (Å²) in [5, 5.41) is 37.6. The first-order valence-corrected chi connectivity index (χ1v) is 26.3. The number of hydrogen-bond donors (Lipinski definition) is 10. The molecule has 0 aliphatic rings. The summed E-state index contributed by atoms with van der Waals surface area (Å²) in [7, 11) is 4.64. The second-order valence-corrected chi connectivity index (χ2v) is 16.9. The van der Waals surface area contributed by atoms with Crippen LogP contribution in [0.2, 0.25) is 0 Å². The van der Waals surface area contributed by atoms with Gasteiger partial charge in [-0.15, -0.1) is 0 Å². The van der Waals surface area contributed by atoms with E-state index in [9.17, 15) is 57.5 Å². The van der Waals surface area contributed by atoms with Crippen molar-refractivity contribution in [2.45, 2.75) is 142 Å². The van der Waals surface area contributed by atoms with Gasteiger partial charge in [0.2, 0.25) is 0 Å². The number of rotatable bonds is 42. The van der Waals surface area contributed by atoms with Crippen LogP contribution in [-0.2, 0) is 66.5 Å². The second kappa shape index (κ2) is 55.1. The fraction of sp³-hybridized carbons (Fsp3) is 0.692. The fourth-order valence-corrected chi connectivity index (χ4v) is 6.23. The molecule has 4 atom stereocenters. The van der Waals surface area contributed by atoms with Crippen LogP contribution in [0.5, 0.6) is 0 Å². The Morgan fingerprint density at radius 2 is 0.571 bits per heavy atom. The number of nitrogens with one attached hydrogen (secondary N) is 8. The Labute approximate surface area is 490 Å². The van der Waals surface area contributed by atoms with Gasteiger partial charge in [-0.2, -0.15) is 0 Å². The number of methoxy groups -OCH3 is 4. The van der Waals surface area contributed by atoms with Crippen LogP contribution in [0.3, 0.4) is 0 Å². The van der Waals surface area contributed by atoms with Crippen LogP contribution in [0.4, 0.5) is 38.4 Å². The van der Waals surface area contributed by atoms with Gasteiger partial charge in [0, 0.05) is 26.2 Å². The molecule has 84 heavy (non-hydrogen) atoms. The molecule has 32 nitrogen and oxygen atoms in total. The van der Waals surface area contributed by atoms with Gasteiger partial charge in [-0.3, -0.25) is 0 Å². The van der Waals surface area contributed by atoms with E-state index in [2.05, 4.69) is 74.6 Å². The summed E-state index contributed by atoms with van der Waals surface area (Å²) in [6.07, 6.45) is 3.93. The van der Waals surface area contributed by atoms with Crippen LogP contribution >= 0.6 is 0 Å². The minimum atomic E-state index is -1.18. The van der Waals surface area contributed by atoms with Crippen LogP contribution in [0.25, 0.3) is 0 Å². The molecule has 8 amide bonds. The number of hydrogen-bond acceptors (Lipinski definition) is 22. The molecule has 0 aromatic heterocycles. The Morgan fingerprint density at radius 3 is 0.786 bits per heavy atom. The van der Waals surface area contributed by atoms with E-state index in [1.165, 1.54) is 26.4 Å². The van der Waals surface area contributed by atoms with Gasteiger partial charge >= 0.3 is 72.6 Å². The van der Waals surface area contributed by atoms with Crippen molar-refractivity contribution < 1.29 is 115 Å². The normalized spacial score (nSPS) is 11.3. The van der Waals surface area contributed by atoms with E-state index < -0.39 is 96.8 Å². The third-order valence-electron chi connectivity index (χ3n) is 10.5. The Balaban J connectivity index is -0.000000752. The minimum Gasteiger partial charge on any atom is -0.480 e. The molecular weight excluding hydrogens is 1120 g/mol. The van der Waals surface area contributed by atoms with Gasteiger partial charge in [-0.05, 0) is 103 Å². The largest absolute Gasteiger partial charge is 0.480 e. The zero-order valence-electron chi connectivity index (χ0n) is 47.1. The summed E-state index contributed by atoms with van der Waals surface area (Å²) in [5.74, 6) is -3.57. The topological polar surface area (TPSA) is 434 Å². The average molecular weight is 1210 g/mol. The highest BCUT2D eigenvalue weighted by atomic mass is 16.6. The van der Waals surface area contributed by atoms with Crippen LogP contribution in [0.15, 0.2) is 25.3 Å². The second-order valence-electron chi connectivity index (χ2n) is 16.9. The number of amides is 8. The predicted molar refractivity (Wildman–Crippen MR) is 300 cm³/mol. The number of unbranched alkanes of at least 4 members (excludes halogenated alkanes) is 6. The molecule has 0 rings (SSSR count). The van der Waals surface area contributed by atoms with E-state index in [-0.39, 0.29) is 93.3 Å². The molecule has 0 radical (unpaired) electrons. The number of carboxylic acid groups (broad SMARTS) is 2. The highest BCUT2D eigenvalue weighted by Gasteiger charge is 2.24. The van der Waals surface area contributed by atoms with Gasteiger partial charge < -0.3 is 100 Å². The maximum absolute atomic E-state index is 12.0. The molecule has 4 unspecified atom stereocenters. The molecule has 0 bridgehead atoms. The minimum absolute atomic E-state index is 0. The molecule has 0 spiro atoms. The molecule has 0 saturated carbocycles. The van der Waals surface area contributed by atoms with E-state index >= 15 is 0 Å². The molecule has 0 aliphatic carbocycles. The standard InChI is InChI=1S/C28H46N4O12.C22H38N4O12.2CH4/c1-5-17-41-23(33)21(31-27(37)39-3)13-7-9-15-29-25(35)43-19-11-12-20-44-26(36)30-16-10-8-14-22(32-28(38)40-4)24(34)42-18-6-2;1-35-21(33)25-15(17(27)28)9-3-5-11-23-19(31)37-13-7-8-14-38-20(32)24-12-6-4-10-16(18(29)30)26-22(34)36-2;;/h5-6,21-22H,1-2,7-20H2,3-4H3,(H,29,35)(H,30,36)(H,31,37)(H,32,38);15-16H,3-14H2,1-2H3,(H,23,31)(H,24,32)(H,25,33)(H,26,34)(H,27,28)(H,29,30);2*1H4. The van der Waals surface area contributed by atoms with Crippen molar-refractivity contribution in [3.63, 3.8) is 0 Å². The third-order valence-corrected chi connectivity index (χ3v) is 10.5. The first kappa shape index (κ1) is 82.0. The summed E-state index contributed by atoms with van der Waals surface area (Å²) in [6, 6.07) is -3.92. The molecular formula is C52H92N8O24. The highest BCUT2D eigenvalue weighted by Crippen LogP contribution is 2.07. The number of carbonyl (C=O) groups excluding carboxylic acids is 10. The van der Waals surface area contributed by atoms with Crippen LogP contribution < -0.4 is 42.5 Å². The van der Waals surface area contributed by atoms with Gasteiger partial charge in [0.15, 0.2) is 0 Å². The molecule has 484 valence electrons. The van der Waals surface area contributed by atoms with Crippen LogP contribution in [0, 0.1) is 0 Å². The van der Waals surface area contributed by atoms with Gasteiger partial charge in [0.1, 0.15) is 37.4 Å². The molecule has 0 aromatic carbocycles. The Morgan fingerprint density at radius 1 is 0.345 bits per heavy atom. The van der Waals surface area contributed by atoms with Crippen LogP contribution in [0.1, 0.15) is 118 Å². The van der Waals surface area contributed by atoms with Crippen molar-refractivity contribution in [2.24, 2.45) is 0 Å². The summed E-state index contributed by atoms with van der Waals surface area (Å²) < 4.78 is 47.8. The summed E-state index contributed by atoms with van der Waals surface area (Å²) in [5.41, 5.74) is 0. The van der Waals surface area contributed by atoms with Gasteiger partial charge in [0.25, 0.3) is 0 Å². The molecule has 0 heterocycles. The summed E-state index contributed by atoms with van der Waals surface area (Å²) in [6.45, 7) is 8.60. The zero-order valence-corrected chi connectivity index (χ0v) is 47.1. The van der Waals surface area contributed by atoms with Gasteiger partial charge in [-0.1, -0.05) is 40.2 Å². The lowest BCUT2D eigenvalue weighted by molar-refractivity contribution is -0.145. The molecule has 10 N–H and O–H groups in total. The first-order chi connectivity index (χ1) is 39.3. The average Bonchev–Trinajstić information content (AvgIpc) is 3.47. The summed E-state index contributed by atoms with van der Waals surface area (Å²) in [4.78, 5) is 138. The van der Waals surface area contributed by atoms with Crippen molar-refractivity contribution >= 4 is 72.6 Å².